The Balaban J connectivity index is 1.74. The van der Waals surface area contributed by atoms with E-state index in [2.05, 4.69) is 31.3 Å². The number of hydrogen-bond acceptors (Lipinski definition) is 4. The smallest absolute Gasteiger partial charge is 0.324 e. The molecule has 0 aliphatic rings. The molecule has 0 spiro atoms. The minimum atomic E-state index is -0.569. The number of hydrogen-bond donors (Lipinski definition) is 1. The van der Waals surface area contributed by atoms with Crippen LogP contribution in [0.4, 0.5) is 5.69 Å². The molecule has 0 radical (unpaired) electrons. The van der Waals surface area contributed by atoms with Gasteiger partial charge in [0.25, 0.3) is 0 Å². The zero-order chi connectivity index (χ0) is 16.9. The maximum Gasteiger partial charge on any atom is 0.365 e. The third-order valence-electron chi connectivity index (χ3n) is 3.23. The molecule has 0 unspecified atom stereocenters. The summed E-state index contributed by atoms with van der Waals surface area (Å²) in [6, 6.07) is 16.5. The monoisotopic (exact) mass is 384 g/mol. The Morgan fingerprint density at radius 2 is 1.92 bits per heavy atom. The summed E-state index contributed by atoms with van der Waals surface area (Å²) in [5.74, 6) is -0.350. The predicted octanol–water partition coefficient (Wildman–Crippen LogP) is 2.71. The Hall–Kier alpha value is -2.80. The molecule has 120 valence electrons. The minimum Gasteiger partial charge on any atom is -0.324 e. The average molecular weight is 385 g/mol. The third kappa shape index (κ3) is 3.94. The first kappa shape index (κ1) is 16.1. The molecular weight excluding hydrogens is 372 g/mol. The second-order valence-electron chi connectivity index (χ2n) is 5.01. The highest BCUT2D eigenvalue weighted by Gasteiger charge is 2.09. The highest BCUT2D eigenvalue weighted by molar-refractivity contribution is 9.10. The zero-order valence-corrected chi connectivity index (χ0v) is 14.1. The number of rotatable bonds is 4. The Labute approximate surface area is 146 Å². The molecular formula is C17H13BrN4O2. The number of benzene rings is 2. The van der Waals surface area contributed by atoms with E-state index in [9.17, 15) is 9.59 Å². The van der Waals surface area contributed by atoms with E-state index in [1.165, 1.54) is 6.20 Å². The number of halogens is 1. The van der Waals surface area contributed by atoms with Crippen molar-refractivity contribution in [1.82, 2.24) is 14.8 Å². The second-order valence-corrected chi connectivity index (χ2v) is 5.92. The second kappa shape index (κ2) is 7.18. The molecule has 0 bridgehead atoms. The van der Waals surface area contributed by atoms with Crippen molar-refractivity contribution in [3.63, 3.8) is 0 Å². The standard InChI is InChI=1S/C17H13BrN4O2/c18-13-7-4-8-14(9-13)20-16(23)11-22-17(24)21-15(10-19-22)12-5-2-1-3-6-12/h1-10H,11H2,(H,20,23). The van der Waals surface area contributed by atoms with E-state index in [0.717, 1.165) is 14.7 Å². The number of carbonyl (C=O) groups is 1. The Bertz CT molecular complexity index is 925. The lowest BCUT2D eigenvalue weighted by Crippen LogP contribution is -2.31. The summed E-state index contributed by atoms with van der Waals surface area (Å²) >= 11 is 3.33. The topological polar surface area (TPSA) is 76.9 Å². The van der Waals surface area contributed by atoms with Crippen molar-refractivity contribution in [2.45, 2.75) is 6.54 Å². The summed E-state index contributed by atoms with van der Waals surface area (Å²) in [5.41, 5.74) is 1.34. The van der Waals surface area contributed by atoms with Gasteiger partial charge in [-0.15, -0.1) is 0 Å². The number of nitrogens with one attached hydrogen (secondary N) is 1. The molecule has 0 saturated heterocycles. The quantitative estimate of drug-likeness (QED) is 0.749. The van der Waals surface area contributed by atoms with Gasteiger partial charge in [0.1, 0.15) is 6.54 Å². The molecule has 0 aliphatic heterocycles. The van der Waals surface area contributed by atoms with Crippen LogP contribution in [0.2, 0.25) is 0 Å². The number of anilines is 1. The van der Waals surface area contributed by atoms with Gasteiger partial charge in [-0.3, -0.25) is 4.79 Å². The summed E-state index contributed by atoms with van der Waals surface area (Å²) in [6.45, 7) is -0.201. The summed E-state index contributed by atoms with van der Waals surface area (Å²) < 4.78 is 1.88. The van der Waals surface area contributed by atoms with Crippen LogP contribution in [0.1, 0.15) is 0 Å². The van der Waals surface area contributed by atoms with Gasteiger partial charge >= 0.3 is 5.69 Å². The molecule has 0 saturated carbocycles. The number of nitrogens with zero attached hydrogens (tertiary/aromatic N) is 3. The molecule has 0 fully saturated rings. The Morgan fingerprint density at radius 3 is 2.62 bits per heavy atom. The van der Waals surface area contributed by atoms with Crippen molar-refractivity contribution in [3.8, 4) is 11.3 Å². The van der Waals surface area contributed by atoms with E-state index in [0.29, 0.717) is 11.4 Å². The van der Waals surface area contributed by atoms with E-state index in [4.69, 9.17) is 0 Å². The first-order valence-electron chi connectivity index (χ1n) is 7.17. The van der Waals surface area contributed by atoms with Crippen molar-refractivity contribution in [3.05, 3.63) is 75.8 Å². The van der Waals surface area contributed by atoms with Crippen LogP contribution in [0.5, 0.6) is 0 Å². The first-order valence-corrected chi connectivity index (χ1v) is 7.96. The fourth-order valence-electron chi connectivity index (χ4n) is 2.12. The van der Waals surface area contributed by atoms with E-state index < -0.39 is 5.69 Å². The van der Waals surface area contributed by atoms with Gasteiger partial charge < -0.3 is 5.32 Å². The maximum atomic E-state index is 12.1. The lowest BCUT2D eigenvalue weighted by atomic mass is 10.2. The predicted molar refractivity (Wildman–Crippen MR) is 94.5 cm³/mol. The molecule has 24 heavy (non-hydrogen) atoms. The van der Waals surface area contributed by atoms with E-state index >= 15 is 0 Å². The van der Waals surface area contributed by atoms with E-state index in [1.807, 2.05) is 36.4 Å². The van der Waals surface area contributed by atoms with Crippen LogP contribution in [-0.4, -0.2) is 20.7 Å². The lowest BCUT2D eigenvalue weighted by Gasteiger charge is -2.07. The minimum absolute atomic E-state index is 0.201. The number of aromatic nitrogens is 3. The van der Waals surface area contributed by atoms with Crippen LogP contribution >= 0.6 is 15.9 Å². The van der Waals surface area contributed by atoms with Crippen LogP contribution in [0.15, 0.2) is 70.1 Å². The highest BCUT2D eigenvalue weighted by atomic mass is 79.9. The molecule has 6 nitrogen and oxygen atoms in total. The molecule has 1 aromatic heterocycles. The SMILES string of the molecule is O=C(Cn1ncc(-c2ccccc2)nc1=O)Nc1cccc(Br)c1. The third-order valence-corrected chi connectivity index (χ3v) is 3.72. The molecule has 3 aromatic rings. The molecule has 7 heteroatoms. The summed E-state index contributed by atoms with van der Waals surface area (Å²) in [4.78, 5) is 28.1. The van der Waals surface area contributed by atoms with Crippen molar-refractivity contribution in [2.24, 2.45) is 0 Å². The van der Waals surface area contributed by atoms with Crippen LogP contribution in [0.3, 0.4) is 0 Å². The van der Waals surface area contributed by atoms with Gasteiger partial charge in [-0.25, -0.2) is 9.48 Å². The van der Waals surface area contributed by atoms with Crippen molar-refractivity contribution < 1.29 is 4.79 Å². The maximum absolute atomic E-state index is 12.1. The van der Waals surface area contributed by atoms with Crippen molar-refractivity contribution in [1.29, 1.82) is 0 Å². The first-order chi connectivity index (χ1) is 11.6. The molecule has 1 heterocycles. The molecule has 3 rings (SSSR count). The summed E-state index contributed by atoms with van der Waals surface area (Å²) in [5, 5.41) is 6.73. The van der Waals surface area contributed by atoms with Gasteiger partial charge in [0.15, 0.2) is 0 Å². The van der Waals surface area contributed by atoms with E-state index in [-0.39, 0.29) is 12.5 Å². The average Bonchev–Trinajstić information content (AvgIpc) is 2.57. The van der Waals surface area contributed by atoms with Gasteiger partial charge in [-0.05, 0) is 18.2 Å². The molecule has 2 aromatic carbocycles. The molecule has 0 atom stereocenters. The number of amides is 1. The highest BCUT2D eigenvalue weighted by Crippen LogP contribution is 2.15. The summed E-state index contributed by atoms with van der Waals surface area (Å²) in [7, 11) is 0. The van der Waals surface area contributed by atoms with Crippen LogP contribution in [0, 0.1) is 0 Å². The van der Waals surface area contributed by atoms with Crippen LogP contribution in [0.25, 0.3) is 11.3 Å². The molecule has 1 N–H and O–H groups in total. The Kier molecular flexibility index (Phi) is 4.81. The van der Waals surface area contributed by atoms with Gasteiger partial charge in [-0.1, -0.05) is 52.3 Å². The van der Waals surface area contributed by atoms with Crippen molar-refractivity contribution in [2.75, 3.05) is 5.32 Å². The lowest BCUT2D eigenvalue weighted by molar-refractivity contribution is -0.117. The van der Waals surface area contributed by atoms with Gasteiger partial charge in [0.2, 0.25) is 5.91 Å². The Morgan fingerprint density at radius 1 is 1.12 bits per heavy atom. The summed E-state index contributed by atoms with van der Waals surface area (Å²) in [6.07, 6.45) is 1.48. The van der Waals surface area contributed by atoms with Crippen LogP contribution in [-0.2, 0) is 11.3 Å². The van der Waals surface area contributed by atoms with E-state index in [1.54, 1.807) is 18.2 Å². The van der Waals surface area contributed by atoms with Gasteiger partial charge in [0.05, 0.1) is 11.9 Å². The number of carbonyl (C=O) groups excluding carboxylic acids is 1. The zero-order valence-electron chi connectivity index (χ0n) is 12.5. The largest absolute Gasteiger partial charge is 0.365 e. The molecule has 1 amide bonds. The van der Waals surface area contributed by atoms with Gasteiger partial charge in [0, 0.05) is 15.7 Å². The normalized spacial score (nSPS) is 10.4. The molecule has 0 aliphatic carbocycles. The fourth-order valence-corrected chi connectivity index (χ4v) is 2.52. The van der Waals surface area contributed by atoms with Crippen LogP contribution < -0.4 is 11.0 Å². The van der Waals surface area contributed by atoms with Gasteiger partial charge in [-0.2, -0.15) is 10.1 Å². The van der Waals surface area contributed by atoms with Crippen molar-refractivity contribution >= 4 is 27.5 Å². The fraction of sp³-hybridized carbons (Fsp3) is 0.0588.